The minimum absolute atomic E-state index is 0.250. The van der Waals surface area contributed by atoms with E-state index in [2.05, 4.69) is 52.1 Å². The van der Waals surface area contributed by atoms with E-state index in [4.69, 9.17) is 9.90 Å². The standard InChI is InChI=1S/C31H53N.C2H6.CH2O2/c1-6-21(2)20-32-29(23-10-9-11-23)19-27-22(3)18-28-25-14-13-24-12-7-8-16-30(24,4)26(25)15-17-31(27,28)5;1-2;2-1-3/h7,12,21-29,32H,6,8-11,13-20H2,1-5H3;1-2H3;1H,(H,2,3)/t21-,22?,24?,25?,26?,27?,28?,29?,30?,31?;;/m0../s1. The maximum atomic E-state index is 8.36. The molecule has 0 amide bonds. The van der Waals surface area contributed by atoms with E-state index < -0.39 is 0 Å². The van der Waals surface area contributed by atoms with Crippen LogP contribution in [-0.4, -0.2) is 24.2 Å². The summed E-state index contributed by atoms with van der Waals surface area (Å²) in [6.07, 6.45) is 22.7. The van der Waals surface area contributed by atoms with E-state index >= 15 is 0 Å². The van der Waals surface area contributed by atoms with E-state index in [0.29, 0.717) is 10.8 Å². The summed E-state index contributed by atoms with van der Waals surface area (Å²) in [6.45, 7) is 17.9. The molecular weight excluding hydrogens is 454 g/mol. The minimum Gasteiger partial charge on any atom is -0.483 e. The molecule has 0 aromatic heterocycles. The molecule has 10 atom stereocenters. The maximum Gasteiger partial charge on any atom is 0.290 e. The van der Waals surface area contributed by atoms with Crippen molar-refractivity contribution in [3.8, 4) is 0 Å². The fourth-order valence-electron chi connectivity index (χ4n) is 9.85. The molecule has 37 heavy (non-hydrogen) atoms. The molecule has 214 valence electrons. The highest BCUT2D eigenvalue weighted by Crippen LogP contribution is 2.68. The maximum absolute atomic E-state index is 8.36. The third-order valence-electron chi connectivity index (χ3n) is 12.4. The van der Waals surface area contributed by atoms with Gasteiger partial charge in [-0.3, -0.25) is 4.79 Å². The van der Waals surface area contributed by atoms with Gasteiger partial charge in [0.2, 0.25) is 0 Å². The first kappa shape index (κ1) is 30.7. The van der Waals surface area contributed by atoms with E-state index in [1.54, 1.807) is 0 Å². The molecule has 2 N–H and O–H groups in total. The number of carboxylic acid groups (broad SMARTS) is 1. The lowest BCUT2D eigenvalue weighted by atomic mass is 9.45. The molecule has 4 fully saturated rings. The summed E-state index contributed by atoms with van der Waals surface area (Å²) in [5.41, 5.74) is 1.21. The Morgan fingerprint density at radius 3 is 2.38 bits per heavy atom. The fraction of sp³-hybridized carbons (Fsp3) is 0.912. The molecule has 0 radical (unpaired) electrons. The Morgan fingerprint density at radius 1 is 1.05 bits per heavy atom. The molecule has 4 saturated carbocycles. The van der Waals surface area contributed by atoms with Crippen LogP contribution in [0, 0.1) is 58.2 Å². The molecule has 5 aliphatic carbocycles. The van der Waals surface area contributed by atoms with Gasteiger partial charge in [0, 0.05) is 6.04 Å². The molecular formula is C34H61NO2. The number of hydrogen-bond acceptors (Lipinski definition) is 2. The van der Waals surface area contributed by atoms with Gasteiger partial charge in [-0.15, -0.1) is 0 Å². The third kappa shape index (κ3) is 6.17. The molecule has 3 nitrogen and oxygen atoms in total. The van der Waals surface area contributed by atoms with E-state index in [0.717, 1.165) is 53.4 Å². The van der Waals surface area contributed by atoms with Crippen molar-refractivity contribution in [2.24, 2.45) is 58.2 Å². The van der Waals surface area contributed by atoms with Gasteiger partial charge < -0.3 is 10.4 Å². The van der Waals surface area contributed by atoms with Gasteiger partial charge in [-0.1, -0.05) is 73.5 Å². The van der Waals surface area contributed by atoms with E-state index in [1.165, 1.54) is 83.6 Å². The highest BCUT2D eigenvalue weighted by Gasteiger charge is 2.61. The first-order valence-electron chi connectivity index (χ1n) is 16.3. The SMILES string of the molecule is CC.CC[C@H](C)CNC(CC1C(C)CC2C3CCC4C=CCCC4(C)C3CCC12C)C1CCC1.O=CO. The van der Waals surface area contributed by atoms with Crippen molar-refractivity contribution in [3.63, 3.8) is 0 Å². The number of fused-ring (bicyclic) bond motifs is 5. The van der Waals surface area contributed by atoms with Crippen molar-refractivity contribution < 1.29 is 9.90 Å². The average molecular weight is 516 g/mol. The molecule has 3 heteroatoms. The van der Waals surface area contributed by atoms with Gasteiger partial charge in [0.15, 0.2) is 0 Å². The van der Waals surface area contributed by atoms with Crippen LogP contribution >= 0.6 is 0 Å². The van der Waals surface area contributed by atoms with Crippen molar-refractivity contribution in [3.05, 3.63) is 12.2 Å². The van der Waals surface area contributed by atoms with Crippen LogP contribution in [0.1, 0.15) is 126 Å². The molecule has 5 rings (SSSR count). The van der Waals surface area contributed by atoms with Crippen molar-refractivity contribution >= 4 is 6.47 Å². The highest BCUT2D eigenvalue weighted by molar-refractivity contribution is 5.32. The number of rotatable bonds is 7. The third-order valence-corrected chi connectivity index (χ3v) is 12.4. The summed E-state index contributed by atoms with van der Waals surface area (Å²) in [5, 5.41) is 11.0. The van der Waals surface area contributed by atoms with Crippen LogP contribution < -0.4 is 5.32 Å². The molecule has 0 saturated heterocycles. The lowest BCUT2D eigenvalue weighted by Crippen LogP contribution is -2.52. The molecule has 0 bridgehead atoms. The van der Waals surface area contributed by atoms with Gasteiger partial charge in [0.05, 0.1) is 0 Å². The number of carbonyl (C=O) groups is 1. The minimum atomic E-state index is -0.250. The van der Waals surface area contributed by atoms with Gasteiger partial charge in [-0.2, -0.15) is 0 Å². The first-order chi connectivity index (χ1) is 17.8. The summed E-state index contributed by atoms with van der Waals surface area (Å²) in [6, 6.07) is 0.787. The Kier molecular flexibility index (Phi) is 11.2. The van der Waals surface area contributed by atoms with E-state index in [-0.39, 0.29) is 6.47 Å². The zero-order valence-electron chi connectivity index (χ0n) is 25.5. The Bertz CT molecular complexity index is 731. The van der Waals surface area contributed by atoms with Crippen LogP contribution in [0.5, 0.6) is 0 Å². The fourth-order valence-corrected chi connectivity index (χ4v) is 9.85. The van der Waals surface area contributed by atoms with Crippen LogP contribution in [0.25, 0.3) is 0 Å². The zero-order chi connectivity index (χ0) is 27.2. The summed E-state index contributed by atoms with van der Waals surface area (Å²) in [4.78, 5) is 8.36. The Morgan fingerprint density at radius 2 is 1.76 bits per heavy atom. The largest absolute Gasteiger partial charge is 0.483 e. The average Bonchev–Trinajstić information content (AvgIpc) is 3.12. The lowest BCUT2D eigenvalue weighted by Gasteiger charge is -2.59. The first-order valence-corrected chi connectivity index (χ1v) is 16.3. The Balaban J connectivity index is 0.000000711. The molecule has 5 aliphatic rings. The molecule has 0 aromatic carbocycles. The van der Waals surface area contributed by atoms with Gasteiger partial charge >= 0.3 is 0 Å². The van der Waals surface area contributed by atoms with Crippen molar-refractivity contribution in [1.29, 1.82) is 0 Å². The van der Waals surface area contributed by atoms with Crippen LogP contribution in [-0.2, 0) is 4.79 Å². The number of nitrogens with one attached hydrogen (secondary N) is 1. The van der Waals surface area contributed by atoms with Crippen LogP contribution in [0.4, 0.5) is 0 Å². The second-order valence-electron chi connectivity index (χ2n) is 14.0. The second-order valence-corrected chi connectivity index (χ2v) is 14.0. The smallest absolute Gasteiger partial charge is 0.290 e. The monoisotopic (exact) mass is 515 g/mol. The summed E-state index contributed by atoms with van der Waals surface area (Å²) in [5.74, 6) is 7.55. The molecule has 0 aliphatic heterocycles. The van der Waals surface area contributed by atoms with Gasteiger partial charge in [0.1, 0.15) is 0 Å². The van der Waals surface area contributed by atoms with Crippen LogP contribution in [0.3, 0.4) is 0 Å². The zero-order valence-corrected chi connectivity index (χ0v) is 25.5. The van der Waals surface area contributed by atoms with Gasteiger partial charge in [-0.25, -0.2) is 0 Å². The van der Waals surface area contributed by atoms with Crippen LogP contribution in [0.15, 0.2) is 12.2 Å². The lowest BCUT2D eigenvalue weighted by molar-refractivity contribution is -0.122. The van der Waals surface area contributed by atoms with E-state index in [1.807, 2.05) is 13.8 Å². The van der Waals surface area contributed by atoms with Crippen molar-refractivity contribution in [1.82, 2.24) is 5.32 Å². The summed E-state index contributed by atoms with van der Waals surface area (Å²) in [7, 11) is 0. The van der Waals surface area contributed by atoms with Gasteiger partial charge in [-0.05, 0) is 129 Å². The molecule has 0 heterocycles. The topological polar surface area (TPSA) is 49.3 Å². The molecule has 0 aromatic rings. The van der Waals surface area contributed by atoms with Crippen molar-refractivity contribution in [2.75, 3.05) is 6.54 Å². The normalized spacial score (nSPS) is 41.8. The van der Waals surface area contributed by atoms with E-state index in [9.17, 15) is 0 Å². The Hall–Kier alpha value is -0.830. The number of allylic oxidation sites excluding steroid dienone is 2. The predicted molar refractivity (Wildman–Crippen MR) is 158 cm³/mol. The predicted octanol–water partition coefficient (Wildman–Crippen LogP) is 8.98. The summed E-state index contributed by atoms with van der Waals surface area (Å²) < 4.78 is 0. The number of hydrogen-bond donors (Lipinski definition) is 2. The highest BCUT2D eigenvalue weighted by atomic mass is 16.3. The van der Waals surface area contributed by atoms with Crippen LogP contribution in [0.2, 0.25) is 0 Å². The second kappa shape index (κ2) is 13.5. The van der Waals surface area contributed by atoms with Crippen molar-refractivity contribution in [2.45, 2.75) is 132 Å². The Labute approximate surface area is 230 Å². The molecule has 0 spiro atoms. The summed E-state index contributed by atoms with van der Waals surface area (Å²) >= 11 is 0. The quantitative estimate of drug-likeness (QED) is 0.263. The molecule has 9 unspecified atom stereocenters. The van der Waals surface area contributed by atoms with Gasteiger partial charge in [0.25, 0.3) is 6.47 Å².